The third kappa shape index (κ3) is 6.96. The maximum absolute atomic E-state index is 11.8. The van der Waals surface area contributed by atoms with Gasteiger partial charge >= 0.3 is 0 Å². The van der Waals surface area contributed by atoms with Gasteiger partial charge in [0.15, 0.2) is 5.96 Å². The van der Waals surface area contributed by atoms with Crippen LogP contribution in [0.1, 0.15) is 17.5 Å². The highest BCUT2D eigenvalue weighted by atomic mass is 16.1. The van der Waals surface area contributed by atoms with E-state index in [1.165, 1.54) is 5.56 Å². The highest BCUT2D eigenvalue weighted by Gasteiger charge is 2.01. The molecule has 0 aliphatic carbocycles. The molecule has 0 radical (unpaired) electrons. The number of hydrogen-bond donors (Lipinski definition) is 3. The van der Waals surface area contributed by atoms with E-state index in [0.717, 1.165) is 18.5 Å². The van der Waals surface area contributed by atoms with Crippen LogP contribution in [0.2, 0.25) is 0 Å². The average molecular weight is 324 g/mol. The van der Waals surface area contributed by atoms with Gasteiger partial charge in [0.25, 0.3) is 0 Å². The summed E-state index contributed by atoms with van der Waals surface area (Å²) in [6.07, 6.45) is 1.21. The number of carbonyl (C=O) groups excluding carboxylic acids is 1. The minimum absolute atomic E-state index is 0.0281. The maximum Gasteiger partial charge on any atom is 0.222 e. The predicted molar refractivity (Wildman–Crippen MR) is 97.5 cm³/mol. The van der Waals surface area contributed by atoms with Crippen LogP contribution in [0.3, 0.4) is 0 Å². The average Bonchev–Trinajstić information content (AvgIpc) is 2.62. The van der Waals surface area contributed by atoms with Gasteiger partial charge in [-0.25, -0.2) is 0 Å². The van der Waals surface area contributed by atoms with Crippen LogP contribution in [0.15, 0.2) is 65.7 Å². The van der Waals surface area contributed by atoms with Crippen molar-refractivity contribution in [2.24, 2.45) is 10.7 Å². The molecule has 24 heavy (non-hydrogen) atoms. The zero-order valence-corrected chi connectivity index (χ0v) is 13.7. The molecule has 126 valence electrons. The highest BCUT2D eigenvalue weighted by molar-refractivity contribution is 5.79. The Balaban J connectivity index is 1.59. The molecule has 0 fully saturated rings. The number of rotatable bonds is 8. The Hall–Kier alpha value is -2.82. The summed E-state index contributed by atoms with van der Waals surface area (Å²) in [6, 6.07) is 20.0. The van der Waals surface area contributed by atoms with Crippen LogP contribution in [-0.2, 0) is 17.8 Å². The summed E-state index contributed by atoms with van der Waals surface area (Å²) >= 11 is 0. The van der Waals surface area contributed by atoms with Crippen molar-refractivity contribution in [1.82, 2.24) is 10.6 Å². The van der Waals surface area contributed by atoms with E-state index in [-0.39, 0.29) is 5.91 Å². The number of nitrogens with two attached hydrogens (primary N) is 1. The van der Waals surface area contributed by atoms with Crippen LogP contribution in [-0.4, -0.2) is 25.0 Å². The highest BCUT2D eigenvalue weighted by Crippen LogP contribution is 1.98. The summed E-state index contributed by atoms with van der Waals surface area (Å²) < 4.78 is 0. The SMILES string of the molecule is NC(=NCCC(=O)NCc1ccccc1)NCCc1ccccc1. The molecular weight excluding hydrogens is 300 g/mol. The Bertz CT molecular complexity index is 641. The number of hydrogen-bond acceptors (Lipinski definition) is 2. The summed E-state index contributed by atoms with van der Waals surface area (Å²) in [4.78, 5) is 15.9. The Morgan fingerprint density at radius 1 is 0.917 bits per heavy atom. The van der Waals surface area contributed by atoms with Crippen LogP contribution >= 0.6 is 0 Å². The van der Waals surface area contributed by atoms with E-state index in [1.54, 1.807) is 0 Å². The number of nitrogens with zero attached hydrogens (tertiary/aromatic N) is 1. The Kier molecular flexibility index (Phi) is 7.34. The van der Waals surface area contributed by atoms with E-state index in [0.29, 0.717) is 25.5 Å². The van der Waals surface area contributed by atoms with Gasteiger partial charge in [-0.3, -0.25) is 9.79 Å². The minimum atomic E-state index is -0.0281. The first-order valence-electron chi connectivity index (χ1n) is 8.12. The van der Waals surface area contributed by atoms with Crippen LogP contribution in [0.5, 0.6) is 0 Å². The van der Waals surface area contributed by atoms with E-state index in [2.05, 4.69) is 27.8 Å². The van der Waals surface area contributed by atoms with Crippen LogP contribution < -0.4 is 16.4 Å². The summed E-state index contributed by atoms with van der Waals surface area (Å²) in [7, 11) is 0. The Morgan fingerprint density at radius 2 is 1.54 bits per heavy atom. The van der Waals surface area contributed by atoms with Gasteiger partial charge < -0.3 is 16.4 Å². The second-order valence-electron chi connectivity index (χ2n) is 5.44. The number of benzene rings is 2. The fourth-order valence-electron chi connectivity index (χ4n) is 2.20. The fourth-order valence-corrected chi connectivity index (χ4v) is 2.20. The molecule has 2 aromatic rings. The van der Waals surface area contributed by atoms with Crippen molar-refractivity contribution >= 4 is 11.9 Å². The zero-order chi connectivity index (χ0) is 17.0. The molecule has 0 saturated carbocycles. The number of guanidine groups is 1. The molecular formula is C19H24N4O. The number of amides is 1. The first-order chi connectivity index (χ1) is 11.7. The largest absolute Gasteiger partial charge is 0.370 e. The van der Waals surface area contributed by atoms with Crippen LogP contribution in [0.4, 0.5) is 0 Å². The molecule has 2 rings (SSSR count). The van der Waals surface area contributed by atoms with E-state index in [4.69, 9.17) is 5.73 Å². The lowest BCUT2D eigenvalue weighted by atomic mass is 10.1. The van der Waals surface area contributed by atoms with Crippen molar-refractivity contribution in [1.29, 1.82) is 0 Å². The van der Waals surface area contributed by atoms with Crippen molar-refractivity contribution in [3.05, 3.63) is 71.8 Å². The summed E-state index contributed by atoms with van der Waals surface area (Å²) in [6.45, 7) is 1.64. The van der Waals surface area contributed by atoms with Crippen molar-refractivity contribution in [3.63, 3.8) is 0 Å². The lowest BCUT2D eigenvalue weighted by Gasteiger charge is -2.06. The lowest BCUT2D eigenvalue weighted by molar-refractivity contribution is -0.121. The summed E-state index contributed by atoms with van der Waals surface area (Å²) in [5.74, 6) is 0.349. The first kappa shape index (κ1) is 17.5. The molecule has 0 atom stereocenters. The van der Waals surface area contributed by atoms with Gasteiger partial charge in [0.1, 0.15) is 0 Å². The predicted octanol–water partition coefficient (Wildman–Crippen LogP) is 1.84. The second-order valence-corrected chi connectivity index (χ2v) is 5.44. The van der Waals surface area contributed by atoms with Gasteiger partial charge in [-0.2, -0.15) is 0 Å². The monoisotopic (exact) mass is 324 g/mol. The van der Waals surface area contributed by atoms with Gasteiger partial charge in [-0.15, -0.1) is 0 Å². The van der Waals surface area contributed by atoms with E-state index >= 15 is 0 Å². The van der Waals surface area contributed by atoms with Gasteiger partial charge in [0, 0.05) is 19.5 Å². The van der Waals surface area contributed by atoms with E-state index < -0.39 is 0 Å². The van der Waals surface area contributed by atoms with Gasteiger partial charge in [-0.05, 0) is 17.5 Å². The minimum Gasteiger partial charge on any atom is -0.370 e. The molecule has 5 heteroatoms. The fraction of sp³-hybridized carbons (Fsp3) is 0.263. The van der Waals surface area contributed by atoms with Crippen molar-refractivity contribution in [2.45, 2.75) is 19.4 Å². The molecule has 0 aliphatic heterocycles. The molecule has 0 unspecified atom stereocenters. The number of carbonyl (C=O) groups is 1. The molecule has 5 nitrogen and oxygen atoms in total. The van der Waals surface area contributed by atoms with Crippen LogP contribution in [0.25, 0.3) is 0 Å². The number of aliphatic imine (C=N–C) groups is 1. The van der Waals surface area contributed by atoms with Crippen molar-refractivity contribution in [3.8, 4) is 0 Å². The third-order valence-electron chi connectivity index (χ3n) is 3.52. The Labute approximate surface area is 143 Å². The van der Waals surface area contributed by atoms with Gasteiger partial charge in [0.2, 0.25) is 5.91 Å². The van der Waals surface area contributed by atoms with Gasteiger partial charge in [0.05, 0.1) is 6.54 Å². The molecule has 4 N–H and O–H groups in total. The maximum atomic E-state index is 11.8. The quantitative estimate of drug-likeness (QED) is 0.512. The van der Waals surface area contributed by atoms with E-state index in [1.807, 2.05) is 48.5 Å². The second kappa shape index (κ2) is 10.0. The smallest absolute Gasteiger partial charge is 0.222 e. The number of nitrogens with one attached hydrogen (secondary N) is 2. The molecule has 0 aliphatic rings. The molecule has 0 aromatic heterocycles. The topological polar surface area (TPSA) is 79.5 Å². The third-order valence-corrected chi connectivity index (χ3v) is 3.52. The molecule has 0 saturated heterocycles. The van der Waals surface area contributed by atoms with Crippen molar-refractivity contribution in [2.75, 3.05) is 13.1 Å². The molecule has 2 aromatic carbocycles. The zero-order valence-electron chi connectivity index (χ0n) is 13.7. The lowest BCUT2D eigenvalue weighted by Crippen LogP contribution is -2.33. The molecule has 1 amide bonds. The molecule has 0 heterocycles. The van der Waals surface area contributed by atoms with Crippen molar-refractivity contribution < 1.29 is 4.79 Å². The Morgan fingerprint density at radius 3 is 2.21 bits per heavy atom. The van der Waals surface area contributed by atoms with Crippen LogP contribution in [0, 0.1) is 0 Å². The first-order valence-corrected chi connectivity index (χ1v) is 8.12. The summed E-state index contributed by atoms with van der Waals surface area (Å²) in [5.41, 5.74) is 8.12. The summed E-state index contributed by atoms with van der Waals surface area (Å²) in [5, 5.41) is 5.93. The normalized spacial score (nSPS) is 11.1. The standard InChI is InChI=1S/C19H24N4O/c20-19(21-13-11-16-7-3-1-4-8-16)22-14-12-18(24)23-15-17-9-5-2-6-10-17/h1-10H,11-15H2,(H,23,24)(H3,20,21,22). The van der Waals surface area contributed by atoms with E-state index in [9.17, 15) is 4.79 Å². The molecule has 0 spiro atoms. The van der Waals surface area contributed by atoms with Gasteiger partial charge in [-0.1, -0.05) is 60.7 Å². The molecule has 0 bridgehead atoms.